The van der Waals surface area contributed by atoms with E-state index in [4.69, 9.17) is 9.47 Å². The molecule has 0 aliphatic rings. The Labute approximate surface area is 500 Å². The Hall–Kier alpha value is -7.04. The van der Waals surface area contributed by atoms with Gasteiger partial charge in [-0.25, -0.2) is 9.59 Å². The van der Waals surface area contributed by atoms with E-state index < -0.39 is 11.9 Å². The molecule has 0 radical (unpaired) electrons. The van der Waals surface area contributed by atoms with E-state index >= 15 is 9.59 Å². The van der Waals surface area contributed by atoms with Crippen LogP contribution in [0.5, 0.6) is 11.5 Å². The smallest absolute Gasteiger partial charge is 0.344 e. The van der Waals surface area contributed by atoms with Gasteiger partial charge in [-0.1, -0.05) is 265 Å². The van der Waals surface area contributed by atoms with E-state index in [-0.39, 0.29) is 11.1 Å². The first kappa shape index (κ1) is 58.7. The molecule has 0 saturated carbocycles. The van der Waals surface area contributed by atoms with Crippen molar-refractivity contribution >= 4 is 98.1 Å². The van der Waals surface area contributed by atoms with Crippen LogP contribution in [0.2, 0.25) is 0 Å². The first-order chi connectivity index (χ1) is 41.4. The Balaban J connectivity index is 0.988. The van der Waals surface area contributed by atoms with Gasteiger partial charge in [0, 0.05) is 21.5 Å². The molecule has 0 bridgehead atoms. The van der Waals surface area contributed by atoms with Crippen molar-refractivity contribution in [3.05, 3.63) is 167 Å². The number of rotatable bonds is 32. The van der Waals surface area contributed by atoms with Crippen molar-refractivity contribution in [3.63, 3.8) is 0 Å². The molecular weight excluding hydrogens is 1020 g/mol. The molecule has 0 aliphatic carbocycles. The Bertz CT molecular complexity index is 3770. The maximum absolute atomic E-state index is 15.4. The van der Waals surface area contributed by atoms with Gasteiger partial charge in [-0.3, -0.25) is 0 Å². The second kappa shape index (κ2) is 28.2. The highest BCUT2D eigenvalue weighted by atomic mass is 16.5. The summed E-state index contributed by atoms with van der Waals surface area (Å²) in [6.07, 6.45) is 33.2. The molecule has 0 aliphatic heterocycles. The fraction of sp³-hybridized carbons (Fsp3) is 0.400. The van der Waals surface area contributed by atoms with E-state index in [9.17, 15) is 0 Å². The van der Waals surface area contributed by atoms with Crippen molar-refractivity contribution in [2.75, 3.05) is 0 Å². The van der Waals surface area contributed by atoms with Crippen molar-refractivity contribution in [3.8, 4) is 11.5 Å². The molecule has 11 aromatic rings. The second-order valence-electron chi connectivity index (χ2n) is 24.7. The molecule has 0 heterocycles. The average molecular weight is 1120 g/mol. The summed E-state index contributed by atoms with van der Waals surface area (Å²) in [6.45, 7) is 9.09. The van der Waals surface area contributed by atoms with Crippen molar-refractivity contribution in [2.24, 2.45) is 0 Å². The van der Waals surface area contributed by atoms with Crippen molar-refractivity contribution in [2.45, 2.75) is 207 Å². The lowest BCUT2D eigenvalue weighted by Crippen LogP contribution is -2.18. The number of unbranched alkanes of at least 4 members (excludes halogenated alkanes) is 20. The molecule has 4 nitrogen and oxygen atoms in total. The number of hydrogen-bond donors (Lipinski definition) is 0. The number of fused-ring (bicyclic) bond motifs is 4. The van der Waals surface area contributed by atoms with Gasteiger partial charge in [0.05, 0.1) is 11.1 Å². The van der Waals surface area contributed by atoms with Crippen molar-refractivity contribution < 1.29 is 19.1 Å². The zero-order chi connectivity index (χ0) is 57.8. The van der Waals surface area contributed by atoms with Gasteiger partial charge < -0.3 is 9.47 Å². The van der Waals surface area contributed by atoms with Crippen LogP contribution in [0.15, 0.2) is 133 Å². The Morgan fingerprint density at radius 2 is 0.548 bits per heavy atom. The van der Waals surface area contributed by atoms with Crippen LogP contribution in [0.3, 0.4) is 0 Å². The monoisotopic (exact) mass is 1110 g/mol. The van der Waals surface area contributed by atoms with E-state index in [1.807, 2.05) is 12.1 Å². The second-order valence-corrected chi connectivity index (χ2v) is 24.7. The first-order valence-electron chi connectivity index (χ1n) is 33.2. The van der Waals surface area contributed by atoms with E-state index in [0.29, 0.717) is 11.5 Å². The summed E-state index contributed by atoms with van der Waals surface area (Å²) >= 11 is 0. The van der Waals surface area contributed by atoms with Crippen LogP contribution < -0.4 is 9.47 Å². The van der Waals surface area contributed by atoms with Crippen LogP contribution in [0, 0.1) is 0 Å². The zero-order valence-corrected chi connectivity index (χ0v) is 51.1. The van der Waals surface area contributed by atoms with Gasteiger partial charge in [0.25, 0.3) is 0 Å². The summed E-state index contributed by atoms with van der Waals surface area (Å²) in [5, 5.41) is 18.6. The maximum atomic E-state index is 15.4. The van der Waals surface area contributed by atoms with Gasteiger partial charge in [-0.05, 0) is 163 Å². The van der Waals surface area contributed by atoms with Crippen LogP contribution in [-0.2, 0) is 25.7 Å². The normalized spacial score (nSPS) is 12.0. The van der Waals surface area contributed by atoms with Gasteiger partial charge in [0.2, 0.25) is 0 Å². The minimum absolute atomic E-state index is 0.186. The highest BCUT2D eigenvalue weighted by Gasteiger charge is 2.27. The molecule has 11 aromatic carbocycles. The summed E-state index contributed by atoms with van der Waals surface area (Å²) in [5.41, 5.74) is 5.48. The molecule has 0 unspecified atom stereocenters. The number of benzene rings is 11. The first-order valence-corrected chi connectivity index (χ1v) is 33.2. The summed E-state index contributed by atoms with van der Waals surface area (Å²) < 4.78 is 13.7. The summed E-state index contributed by atoms with van der Waals surface area (Å²) in [5.74, 6) is -0.0640. The topological polar surface area (TPSA) is 52.6 Å². The van der Waals surface area contributed by atoms with Crippen LogP contribution >= 0.6 is 0 Å². The number of carbonyl (C=O) groups is 2. The third-order valence-corrected chi connectivity index (χ3v) is 18.8. The highest BCUT2D eigenvalue weighted by Crippen LogP contribution is 2.49. The molecule has 0 fully saturated rings. The van der Waals surface area contributed by atoms with Gasteiger partial charge in [-0.2, -0.15) is 0 Å². The molecule has 0 atom stereocenters. The van der Waals surface area contributed by atoms with Crippen LogP contribution in [0.4, 0.5) is 0 Å². The lowest BCUT2D eigenvalue weighted by molar-refractivity contribution is 0.0694. The summed E-state index contributed by atoms with van der Waals surface area (Å²) in [4.78, 5) is 30.7. The van der Waals surface area contributed by atoms with E-state index in [1.165, 1.54) is 192 Å². The van der Waals surface area contributed by atoms with E-state index in [0.717, 1.165) is 96.5 Å². The Kier molecular flexibility index (Phi) is 19.7. The number of hydrogen-bond acceptors (Lipinski definition) is 4. The molecule has 4 heteroatoms. The fourth-order valence-electron chi connectivity index (χ4n) is 14.4. The molecule has 434 valence electrons. The average Bonchev–Trinajstić information content (AvgIpc) is 0.787. The third kappa shape index (κ3) is 12.4. The van der Waals surface area contributed by atoms with Crippen LogP contribution in [-0.4, -0.2) is 11.9 Å². The SMILES string of the molecule is CCCCCCCCc1ccc2c3cccc4c(CCCCCCCC)cc(OC(=O)c5ccccc5C(=O)Oc5cc(CCCCCCCC)c6cccc7c8ccc(CCCCCCCC)c9cccc(c5c67)c98)c(c5cccc1c25)c43. The lowest BCUT2D eigenvalue weighted by Gasteiger charge is -2.21. The van der Waals surface area contributed by atoms with Gasteiger partial charge in [0.15, 0.2) is 0 Å². The molecule has 0 amide bonds. The molecule has 0 saturated heterocycles. The van der Waals surface area contributed by atoms with Crippen molar-refractivity contribution in [1.29, 1.82) is 0 Å². The van der Waals surface area contributed by atoms with Gasteiger partial charge in [0.1, 0.15) is 11.5 Å². The molecule has 0 spiro atoms. The Morgan fingerprint density at radius 1 is 0.262 bits per heavy atom. The molecule has 0 N–H and O–H groups in total. The van der Waals surface area contributed by atoms with Crippen molar-refractivity contribution in [1.82, 2.24) is 0 Å². The van der Waals surface area contributed by atoms with Gasteiger partial charge >= 0.3 is 11.9 Å². The summed E-state index contributed by atoms with van der Waals surface area (Å²) in [7, 11) is 0. The molecule has 11 rings (SSSR count). The zero-order valence-electron chi connectivity index (χ0n) is 51.1. The molecular formula is C80H90O4. The highest BCUT2D eigenvalue weighted by molar-refractivity contribution is 6.36. The predicted octanol–water partition coefficient (Wildman–Crippen LogP) is 23.8. The molecule has 84 heavy (non-hydrogen) atoms. The number of esters is 2. The third-order valence-electron chi connectivity index (χ3n) is 18.8. The number of carbonyl (C=O) groups excluding carboxylic acids is 2. The van der Waals surface area contributed by atoms with E-state index in [1.54, 1.807) is 12.1 Å². The minimum atomic E-state index is -0.571. The van der Waals surface area contributed by atoms with Gasteiger partial charge in [-0.15, -0.1) is 0 Å². The number of aryl methyl sites for hydroxylation is 4. The lowest BCUT2D eigenvalue weighted by atomic mass is 9.85. The Morgan fingerprint density at radius 3 is 0.905 bits per heavy atom. The molecule has 0 aromatic heterocycles. The van der Waals surface area contributed by atoms with Crippen LogP contribution in [0.1, 0.15) is 225 Å². The predicted molar refractivity (Wildman–Crippen MR) is 360 cm³/mol. The fourth-order valence-corrected chi connectivity index (χ4v) is 14.4. The van der Waals surface area contributed by atoms with Crippen LogP contribution in [0.25, 0.3) is 86.2 Å². The summed E-state index contributed by atoms with van der Waals surface area (Å²) in [6, 6.07) is 47.7. The number of ether oxygens (including phenoxy) is 2. The minimum Gasteiger partial charge on any atom is -0.422 e. The largest absolute Gasteiger partial charge is 0.422 e. The van der Waals surface area contributed by atoms with E-state index in [2.05, 4.69) is 137 Å². The maximum Gasteiger partial charge on any atom is 0.344 e. The quantitative estimate of drug-likeness (QED) is 0.0139. The standard InChI is InChI=1S/C80H90O4/c1-5-9-13-17-21-25-35-55-49-51-65-63-45-31-43-61-57(37-27-23-19-15-11-7-3)53-71(77(75(61)63)69-47-33-41-59(55)73(65)69)83-79(81)67-39-29-30-40-68(67)80(82)84-72-54-58(38-28-24-20-16-12-8-4)62-44-32-46-64-66-52-50-56(36-26-22-18-14-10-6-2)60-42-34-48-70(74(60)66)78(72)76(62)64/h29-34,39-54H,5-28,35-38H2,1-4H3.